The van der Waals surface area contributed by atoms with Crippen molar-refractivity contribution in [1.82, 2.24) is 24.7 Å². The van der Waals surface area contributed by atoms with Crippen molar-refractivity contribution in [1.29, 1.82) is 0 Å². The summed E-state index contributed by atoms with van der Waals surface area (Å²) in [5, 5.41) is 6.76. The Morgan fingerprint density at radius 1 is 1.28 bits per heavy atom. The Labute approximate surface area is 145 Å². The normalized spacial score (nSPS) is 12.4. The van der Waals surface area contributed by atoms with E-state index in [-0.39, 0.29) is 5.69 Å². The number of aromatic amines is 1. The standard InChI is InChI=1S/C16H21F2N5OSi/c1-25(2,3)7-6-24-10-23-5-4-11-13(19-9-20-16(11)23)12-8-21-22-14(12)15(17)18/h4-5,8-9,15H,6-7,10H2,1-3H3,(H,21,22). The maximum atomic E-state index is 13.1. The van der Waals surface area contributed by atoms with Crippen LogP contribution in [0.1, 0.15) is 12.1 Å². The molecule has 0 aliphatic heterocycles. The number of fused-ring (bicyclic) bond motifs is 1. The lowest BCUT2D eigenvalue weighted by Gasteiger charge is -2.15. The van der Waals surface area contributed by atoms with Gasteiger partial charge in [-0.25, -0.2) is 18.7 Å². The van der Waals surface area contributed by atoms with Crippen LogP contribution in [0.4, 0.5) is 8.78 Å². The predicted octanol–water partition coefficient (Wildman–Crippen LogP) is 4.07. The maximum absolute atomic E-state index is 13.1. The third kappa shape index (κ3) is 3.93. The molecule has 3 aromatic rings. The second kappa shape index (κ2) is 7.01. The van der Waals surface area contributed by atoms with Crippen molar-refractivity contribution in [3.8, 4) is 11.3 Å². The molecule has 0 amide bonds. The van der Waals surface area contributed by atoms with Gasteiger partial charge in [-0.3, -0.25) is 5.10 Å². The van der Waals surface area contributed by atoms with Crippen LogP contribution in [0.15, 0.2) is 24.8 Å². The second-order valence-corrected chi connectivity index (χ2v) is 12.7. The summed E-state index contributed by atoms with van der Waals surface area (Å²) < 4.78 is 33.8. The zero-order valence-corrected chi connectivity index (χ0v) is 15.5. The summed E-state index contributed by atoms with van der Waals surface area (Å²) in [5.74, 6) is 0. The summed E-state index contributed by atoms with van der Waals surface area (Å²) in [5.41, 5.74) is 1.15. The monoisotopic (exact) mass is 365 g/mol. The van der Waals surface area contributed by atoms with Crippen LogP contribution >= 0.6 is 0 Å². The fraction of sp³-hybridized carbons (Fsp3) is 0.438. The molecule has 9 heteroatoms. The number of nitrogens with one attached hydrogen (secondary N) is 1. The number of hydrogen-bond donors (Lipinski definition) is 1. The van der Waals surface area contributed by atoms with E-state index in [4.69, 9.17) is 4.74 Å². The van der Waals surface area contributed by atoms with E-state index in [1.165, 1.54) is 12.5 Å². The van der Waals surface area contributed by atoms with Gasteiger partial charge in [-0.15, -0.1) is 0 Å². The number of aromatic nitrogens is 5. The van der Waals surface area contributed by atoms with Gasteiger partial charge in [-0.1, -0.05) is 19.6 Å². The highest BCUT2D eigenvalue weighted by molar-refractivity contribution is 6.76. The number of H-pyrrole nitrogens is 1. The summed E-state index contributed by atoms with van der Waals surface area (Å²) in [6.45, 7) is 7.97. The molecule has 0 bridgehead atoms. The van der Waals surface area contributed by atoms with E-state index in [0.29, 0.717) is 35.6 Å². The van der Waals surface area contributed by atoms with Crippen molar-refractivity contribution in [3.05, 3.63) is 30.5 Å². The fourth-order valence-corrected chi connectivity index (χ4v) is 3.27. The van der Waals surface area contributed by atoms with E-state index in [1.54, 1.807) is 0 Å². The van der Waals surface area contributed by atoms with Crippen molar-refractivity contribution in [3.63, 3.8) is 0 Å². The molecule has 0 saturated carbocycles. The molecule has 0 atom stereocenters. The summed E-state index contributed by atoms with van der Waals surface area (Å²) in [6.07, 6.45) is 1.93. The van der Waals surface area contributed by atoms with Gasteiger partial charge < -0.3 is 9.30 Å². The molecule has 0 aromatic carbocycles. The van der Waals surface area contributed by atoms with Crippen LogP contribution < -0.4 is 0 Å². The molecule has 0 fully saturated rings. The molecule has 0 aliphatic rings. The van der Waals surface area contributed by atoms with E-state index in [9.17, 15) is 8.78 Å². The summed E-state index contributed by atoms with van der Waals surface area (Å²) in [7, 11) is -1.14. The largest absolute Gasteiger partial charge is 0.361 e. The molecular formula is C16H21F2N5OSi. The van der Waals surface area contributed by atoms with Crippen molar-refractivity contribution in [2.45, 2.75) is 38.8 Å². The molecule has 3 rings (SSSR count). The van der Waals surface area contributed by atoms with E-state index in [0.717, 1.165) is 6.04 Å². The Hall–Kier alpha value is -2.13. The fourth-order valence-electron chi connectivity index (χ4n) is 2.51. The Morgan fingerprint density at radius 2 is 2.08 bits per heavy atom. The predicted molar refractivity (Wildman–Crippen MR) is 94.2 cm³/mol. The molecule has 1 N–H and O–H groups in total. The molecule has 0 aliphatic carbocycles. The smallest absolute Gasteiger partial charge is 0.280 e. The van der Waals surface area contributed by atoms with Gasteiger partial charge in [-0.05, 0) is 12.1 Å². The lowest BCUT2D eigenvalue weighted by atomic mass is 10.1. The first-order valence-corrected chi connectivity index (χ1v) is 11.8. The Balaban J connectivity index is 1.84. The van der Waals surface area contributed by atoms with Crippen LogP contribution in [0.5, 0.6) is 0 Å². The van der Waals surface area contributed by atoms with Crippen LogP contribution in [0.2, 0.25) is 25.7 Å². The number of nitrogens with zero attached hydrogens (tertiary/aromatic N) is 4. The first kappa shape index (κ1) is 17.7. The van der Waals surface area contributed by atoms with Crippen molar-refractivity contribution < 1.29 is 13.5 Å². The van der Waals surface area contributed by atoms with Gasteiger partial charge in [0, 0.05) is 31.8 Å². The number of ether oxygens (including phenoxy) is 1. The van der Waals surface area contributed by atoms with Crippen LogP contribution in [0, 0.1) is 0 Å². The van der Waals surface area contributed by atoms with Crippen LogP contribution in [-0.2, 0) is 11.5 Å². The molecule has 0 saturated heterocycles. The van der Waals surface area contributed by atoms with Crippen molar-refractivity contribution >= 4 is 19.1 Å². The van der Waals surface area contributed by atoms with E-state index in [2.05, 4.69) is 39.8 Å². The minimum atomic E-state index is -2.64. The van der Waals surface area contributed by atoms with Crippen LogP contribution in [0.25, 0.3) is 22.3 Å². The number of halogens is 2. The summed E-state index contributed by atoms with van der Waals surface area (Å²) >= 11 is 0. The molecule has 0 spiro atoms. The average molecular weight is 365 g/mol. The number of rotatable bonds is 7. The highest BCUT2D eigenvalue weighted by Gasteiger charge is 2.20. The van der Waals surface area contributed by atoms with Gasteiger partial charge in [0.05, 0.1) is 11.9 Å². The first-order valence-electron chi connectivity index (χ1n) is 8.06. The minimum Gasteiger partial charge on any atom is -0.361 e. The van der Waals surface area contributed by atoms with Gasteiger partial charge in [0.1, 0.15) is 24.4 Å². The molecule has 3 aromatic heterocycles. The molecule has 3 heterocycles. The first-order chi connectivity index (χ1) is 11.9. The number of alkyl halides is 2. The zero-order chi connectivity index (χ0) is 18.0. The quantitative estimate of drug-likeness (QED) is 0.506. The van der Waals surface area contributed by atoms with Gasteiger partial charge in [-0.2, -0.15) is 5.10 Å². The third-order valence-corrected chi connectivity index (χ3v) is 5.63. The van der Waals surface area contributed by atoms with E-state index < -0.39 is 14.5 Å². The number of hydrogen-bond acceptors (Lipinski definition) is 4. The van der Waals surface area contributed by atoms with Gasteiger partial charge in [0.25, 0.3) is 6.43 Å². The van der Waals surface area contributed by atoms with Crippen molar-refractivity contribution in [2.24, 2.45) is 0 Å². The lowest BCUT2D eigenvalue weighted by molar-refractivity contribution is 0.0899. The molecule has 6 nitrogen and oxygen atoms in total. The second-order valence-electron chi connectivity index (χ2n) is 7.09. The highest BCUT2D eigenvalue weighted by Crippen LogP contribution is 2.32. The van der Waals surface area contributed by atoms with Crippen LogP contribution in [-0.4, -0.2) is 39.4 Å². The Kier molecular flexibility index (Phi) is 4.95. The highest BCUT2D eigenvalue weighted by atomic mass is 28.3. The Morgan fingerprint density at radius 3 is 2.80 bits per heavy atom. The van der Waals surface area contributed by atoms with Gasteiger partial charge in [0.15, 0.2) is 0 Å². The van der Waals surface area contributed by atoms with E-state index >= 15 is 0 Å². The minimum absolute atomic E-state index is 0.237. The molecular weight excluding hydrogens is 344 g/mol. The average Bonchev–Trinajstić information content (AvgIpc) is 3.17. The lowest BCUT2D eigenvalue weighted by Crippen LogP contribution is -2.22. The molecule has 0 radical (unpaired) electrons. The van der Waals surface area contributed by atoms with Gasteiger partial charge >= 0.3 is 0 Å². The molecule has 25 heavy (non-hydrogen) atoms. The maximum Gasteiger partial charge on any atom is 0.280 e. The third-order valence-electron chi connectivity index (χ3n) is 3.93. The summed E-state index contributed by atoms with van der Waals surface area (Å²) in [4.78, 5) is 8.46. The topological polar surface area (TPSA) is 68.6 Å². The Bertz CT molecular complexity index is 856. The van der Waals surface area contributed by atoms with E-state index in [1.807, 2.05) is 16.8 Å². The zero-order valence-electron chi connectivity index (χ0n) is 14.5. The molecule has 134 valence electrons. The van der Waals surface area contributed by atoms with Crippen molar-refractivity contribution in [2.75, 3.05) is 6.61 Å². The van der Waals surface area contributed by atoms with Gasteiger partial charge in [0.2, 0.25) is 0 Å². The molecule has 0 unspecified atom stereocenters. The van der Waals surface area contributed by atoms with Crippen LogP contribution in [0.3, 0.4) is 0 Å². The summed E-state index contributed by atoms with van der Waals surface area (Å²) in [6, 6.07) is 2.90. The SMILES string of the molecule is C[Si](C)(C)CCOCn1ccc2c(-c3cn[nH]c3C(F)F)ncnc21.